The van der Waals surface area contributed by atoms with Crippen LogP contribution in [0.15, 0.2) is 23.1 Å². The van der Waals surface area contributed by atoms with Crippen molar-refractivity contribution in [1.29, 1.82) is 0 Å². The van der Waals surface area contributed by atoms with Gasteiger partial charge in [-0.3, -0.25) is 0 Å². The third-order valence-corrected chi connectivity index (χ3v) is 5.51. The first-order chi connectivity index (χ1) is 8.50. The summed E-state index contributed by atoms with van der Waals surface area (Å²) in [6, 6.07) is 5.05. The third kappa shape index (κ3) is 3.05. The Kier molecular flexibility index (Phi) is 4.30. The Morgan fingerprint density at radius 2 is 1.89 bits per heavy atom. The van der Waals surface area contributed by atoms with Crippen LogP contribution in [-0.2, 0) is 10.0 Å². The van der Waals surface area contributed by atoms with E-state index in [2.05, 4.69) is 4.72 Å². The average molecular weight is 288 g/mol. The van der Waals surface area contributed by atoms with Gasteiger partial charge >= 0.3 is 0 Å². The van der Waals surface area contributed by atoms with Crippen LogP contribution >= 0.6 is 11.6 Å². The highest BCUT2D eigenvalue weighted by Gasteiger charge is 2.23. The SMILES string of the molecule is Cc1c(Cl)cccc1S(=O)(=O)NC1CCCCC1. The van der Waals surface area contributed by atoms with Crippen molar-refractivity contribution in [2.45, 2.75) is 50.0 Å². The molecule has 0 atom stereocenters. The largest absolute Gasteiger partial charge is 0.241 e. The zero-order valence-electron chi connectivity index (χ0n) is 10.4. The van der Waals surface area contributed by atoms with Crippen LogP contribution in [0.1, 0.15) is 37.7 Å². The second-order valence-corrected chi connectivity index (χ2v) is 6.91. The number of rotatable bonds is 3. The van der Waals surface area contributed by atoms with Crippen LogP contribution in [0, 0.1) is 6.92 Å². The molecular formula is C13H18ClNO2S. The molecule has 1 N–H and O–H groups in total. The van der Waals surface area contributed by atoms with E-state index in [1.54, 1.807) is 25.1 Å². The molecule has 1 aliphatic rings. The van der Waals surface area contributed by atoms with Crippen LogP contribution in [-0.4, -0.2) is 14.5 Å². The van der Waals surface area contributed by atoms with E-state index < -0.39 is 10.0 Å². The van der Waals surface area contributed by atoms with E-state index in [9.17, 15) is 8.42 Å². The van der Waals surface area contributed by atoms with Crippen molar-refractivity contribution >= 4 is 21.6 Å². The Balaban J connectivity index is 2.22. The van der Waals surface area contributed by atoms with Crippen molar-refractivity contribution in [3.8, 4) is 0 Å². The smallest absolute Gasteiger partial charge is 0.208 e. The van der Waals surface area contributed by atoms with Crippen molar-refractivity contribution in [2.24, 2.45) is 0 Å². The summed E-state index contributed by atoms with van der Waals surface area (Å²) in [5, 5.41) is 0.488. The quantitative estimate of drug-likeness (QED) is 0.927. The summed E-state index contributed by atoms with van der Waals surface area (Å²) in [5.74, 6) is 0. The fourth-order valence-corrected chi connectivity index (χ4v) is 4.18. The summed E-state index contributed by atoms with van der Waals surface area (Å²) in [6.07, 6.45) is 5.26. The lowest BCUT2D eigenvalue weighted by atomic mass is 9.96. The van der Waals surface area contributed by atoms with Gasteiger partial charge in [-0.25, -0.2) is 13.1 Å². The normalized spacial score (nSPS) is 17.9. The summed E-state index contributed by atoms with van der Waals surface area (Å²) < 4.78 is 27.4. The van der Waals surface area contributed by atoms with E-state index in [4.69, 9.17) is 11.6 Å². The molecule has 0 aliphatic heterocycles. The average Bonchev–Trinajstić information content (AvgIpc) is 2.33. The minimum Gasteiger partial charge on any atom is -0.208 e. The highest BCUT2D eigenvalue weighted by Crippen LogP contribution is 2.24. The Hall–Kier alpha value is -0.580. The summed E-state index contributed by atoms with van der Waals surface area (Å²) in [5.41, 5.74) is 0.613. The van der Waals surface area contributed by atoms with Gasteiger partial charge in [-0.15, -0.1) is 0 Å². The number of hydrogen-bond donors (Lipinski definition) is 1. The second kappa shape index (κ2) is 5.59. The van der Waals surface area contributed by atoms with Gasteiger partial charge in [0.15, 0.2) is 0 Å². The number of hydrogen-bond acceptors (Lipinski definition) is 2. The maximum Gasteiger partial charge on any atom is 0.241 e. The minimum atomic E-state index is -3.45. The first-order valence-electron chi connectivity index (χ1n) is 6.28. The van der Waals surface area contributed by atoms with Crippen LogP contribution in [0.3, 0.4) is 0 Å². The highest BCUT2D eigenvalue weighted by atomic mass is 35.5. The van der Waals surface area contributed by atoms with Gasteiger partial charge in [0, 0.05) is 11.1 Å². The molecule has 3 nitrogen and oxygen atoms in total. The Bertz CT molecular complexity index is 522. The van der Waals surface area contributed by atoms with Gasteiger partial charge in [0.1, 0.15) is 0 Å². The lowest BCUT2D eigenvalue weighted by molar-refractivity contribution is 0.412. The van der Waals surface area contributed by atoms with Gasteiger partial charge in [-0.2, -0.15) is 0 Å². The standard InChI is InChI=1S/C13H18ClNO2S/c1-10-12(14)8-5-9-13(10)18(16,17)15-11-6-3-2-4-7-11/h5,8-9,11,15H,2-4,6-7H2,1H3. The molecule has 1 fully saturated rings. The summed E-state index contributed by atoms with van der Waals surface area (Å²) in [4.78, 5) is 0.292. The van der Waals surface area contributed by atoms with Crippen molar-refractivity contribution in [3.63, 3.8) is 0 Å². The van der Waals surface area contributed by atoms with Gasteiger partial charge < -0.3 is 0 Å². The van der Waals surface area contributed by atoms with Crippen molar-refractivity contribution < 1.29 is 8.42 Å². The van der Waals surface area contributed by atoms with Gasteiger partial charge in [-0.1, -0.05) is 36.9 Å². The summed E-state index contributed by atoms with van der Waals surface area (Å²) in [7, 11) is -3.45. The van der Waals surface area contributed by atoms with Crippen LogP contribution < -0.4 is 4.72 Å². The molecule has 1 saturated carbocycles. The van der Waals surface area contributed by atoms with E-state index in [0.29, 0.717) is 15.5 Å². The summed E-state index contributed by atoms with van der Waals surface area (Å²) in [6.45, 7) is 1.73. The molecule has 0 unspecified atom stereocenters. The molecule has 1 aliphatic carbocycles. The molecular weight excluding hydrogens is 270 g/mol. The number of sulfonamides is 1. The third-order valence-electron chi connectivity index (χ3n) is 3.43. The van der Waals surface area contributed by atoms with Gasteiger partial charge in [0.25, 0.3) is 0 Å². The van der Waals surface area contributed by atoms with E-state index >= 15 is 0 Å². The predicted octanol–water partition coefficient (Wildman–Crippen LogP) is 3.26. The second-order valence-electron chi connectivity index (χ2n) is 4.82. The van der Waals surface area contributed by atoms with Crippen LogP contribution in [0.25, 0.3) is 0 Å². The Morgan fingerprint density at radius 3 is 2.56 bits per heavy atom. The number of halogens is 1. The highest BCUT2D eigenvalue weighted by molar-refractivity contribution is 7.89. The molecule has 2 rings (SSSR count). The molecule has 1 aromatic rings. The molecule has 0 amide bonds. The Morgan fingerprint density at radius 1 is 1.22 bits per heavy atom. The molecule has 0 saturated heterocycles. The number of nitrogens with one attached hydrogen (secondary N) is 1. The zero-order valence-corrected chi connectivity index (χ0v) is 12.0. The first kappa shape index (κ1) is 13.8. The minimum absolute atomic E-state index is 0.0714. The molecule has 0 heterocycles. The maximum absolute atomic E-state index is 12.3. The molecule has 5 heteroatoms. The van der Waals surface area contributed by atoms with E-state index in [-0.39, 0.29) is 6.04 Å². The maximum atomic E-state index is 12.3. The van der Waals surface area contributed by atoms with Gasteiger partial charge in [-0.05, 0) is 37.5 Å². The lowest BCUT2D eigenvalue weighted by Gasteiger charge is -2.23. The van der Waals surface area contributed by atoms with Crippen molar-refractivity contribution in [2.75, 3.05) is 0 Å². The van der Waals surface area contributed by atoms with Gasteiger partial charge in [0.2, 0.25) is 10.0 Å². The van der Waals surface area contributed by atoms with Crippen LogP contribution in [0.4, 0.5) is 0 Å². The first-order valence-corrected chi connectivity index (χ1v) is 8.14. The Labute approximate surface area is 114 Å². The molecule has 0 aromatic heterocycles. The van der Waals surface area contributed by atoms with E-state index in [1.807, 2.05) is 0 Å². The molecule has 0 bridgehead atoms. The molecule has 100 valence electrons. The van der Waals surface area contributed by atoms with Crippen molar-refractivity contribution in [1.82, 2.24) is 4.72 Å². The fraction of sp³-hybridized carbons (Fsp3) is 0.538. The molecule has 0 spiro atoms. The summed E-state index contributed by atoms with van der Waals surface area (Å²) >= 11 is 5.97. The number of benzene rings is 1. The topological polar surface area (TPSA) is 46.2 Å². The van der Waals surface area contributed by atoms with Crippen molar-refractivity contribution in [3.05, 3.63) is 28.8 Å². The van der Waals surface area contributed by atoms with Crippen LogP contribution in [0.5, 0.6) is 0 Å². The zero-order chi connectivity index (χ0) is 13.2. The molecule has 18 heavy (non-hydrogen) atoms. The molecule has 0 radical (unpaired) electrons. The van der Waals surface area contributed by atoms with E-state index in [0.717, 1.165) is 25.7 Å². The fourth-order valence-electron chi connectivity index (χ4n) is 2.38. The monoisotopic (exact) mass is 287 g/mol. The molecule has 1 aromatic carbocycles. The predicted molar refractivity (Wildman–Crippen MR) is 73.4 cm³/mol. The lowest BCUT2D eigenvalue weighted by Crippen LogP contribution is -2.36. The van der Waals surface area contributed by atoms with E-state index in [1.165, 1.54) is 6.42 Å². The van der Waals surface area contributed by atoms with Gasteiger partial charge in [0.05, 0.1) is 4.90 Å². The van der Waals surface area contributed by atoms with Crippen LogP contribution in [0.2, 0.25) is 5.02 Å².